The monoisotopic (exact) mass is 254 g/mol. The van der Waals surface area contributed by atoms with Gasteiger partial charge in [0.2, 0.25) is 0 Å². The minimum absolute atomic E-state index is 0.809. The van der Waals surface area contributed by atoms with E-state index in [1.54, 1.807) is 22.7 Å². The maximum absolute atomic E-state index is 4.22. The number of nitrogens with one attached hydrogen (secondary N) is 1. The third-order valence-electron chi connectivity index (χ3n) is 2.00. The fraction of sp³-hybridized carbons (Fsp3) is 0.500. The zero-order chi connectivity index (χ0) is 11.4. The second-order valence-electron chi connectivity index (χ2n) is 3.42. The fourth-order valence-electron chi connectivity index (χ4n) is 1.26. The lowest BCUT2D eigenvalue weighted by Gasteiger charge is -1.96. The third kappa shape index (κ3) is 2.84. The van der Waals surface area contributed by atoms with Crippen LogP contribution in [-0.2, 0) is 6.54 Å². The molecule has 86 valence electrons. The fourth-order valence-corrected chi connectivity index (χ4v) is 2.88. The number of nitrogens with zero attached hydrogens (tertiary/aromatic N) is 3. The lowest BCUT2D eigenvalue weighted by atomic mass is 10.5. The third-order valence-corrected chi connectivity index (χ3v) is 4.01. The molecule has 0 radical (unpaired) electrons. The van der Waals surface area contributed by atoms with E-state index in [0.29, 0.717) is 0 Å². The van der Waals surface area contributed by atoms with E-state index in [0.717, 1.165) is 39.4 Å². The summed E-state index contributed by atoms with van der Waals surface area (Å²) in [5, 5.41) is 14.7. The smallest absolute Gasteiger partial charge is 0.159 e. The lowest BCUT2D eigenvalue weighted by molar-refractivity contribution is 0.668. The van der Waals surface area contributed by atoms with Gasteiger partial charge in [-0.05, 0) is 19.9 Å². The van der Waals surface area contributed by atoms with Crippen molar-refractivity contribution in [3.05, 3.63) is 16.2 Å². The first kappa shape index (κ1) is 11.6. The summed E-state index contributed by atoms with van der Waals surface area (Å²) in [5.41, 5.74) is 0. The highest BCUT2D eigenvalue weighted by molar-refractivity contribution is 7.21. The van der Waals surface area contributed by atoms with E-state index < -0.39 is 0 Å². The average Bonchev–Trinajstić information content (AvgIpc) is 2.87. The van der Waals surface area contributed by atoms with Crippen molar-refractivity contribution in [3.8, 4) is 9.88 Å². The van der Waals surface area contributed by atoms with E-state index in [-0.39, 0.29) is 0 Å². The Hall–Kier alpha value is -0.850. The molecule has 6 heteroatoms. The van der Waals surface area contributed by atoms with Crippen LogP contribution in [0.1, 0.15) is 23.4 Å². The van der Waals surface area contributed by atoms with Crippen LogP contribution in [-0.4, -0.2) is 21.7 Å². The normalized spacial score (nSPS) is 10.9. The standard InChI is InChI=1S/C10H14N4S2/c1-3-4-11-6-9-13-14-10(16-9)8-5-12-7(2)15-8/h5,11H,3-4,6H2,1-2H3. The SMILES string of the molecule is CCCNCc1nnc(-c2cnc(C)s2)s1. The molecular weight excluding hydrogens is 240 g/mol. The predicted molar refractivity (Wildman–Crippen MR) is 67.8 cm³/mol. The van der Waals surface area contributed by atoms with Crippen LogP contribution >= 0.6 is 22.7 Å². The first-order valence-electron chi connectivity index (χ1n) is 5.25. The number of rotatable bonds is 5. The highest BCUT2D eigenvalue weighted by atomic mass is 32.1. The molecule has 0 bridgehead atoms. The van der Waals surface area contributed by atoms with E-state index in [2.05, 4.69) is 27.4 Å². The highest BCUT2D eigenvalue weighted by Gasteiger charge is 2.08. The van der Waals surface area contributed by atoms with Crippen molar-refractivity contribution in [3.63, 3.8) is 0 Å². The summed E-state index contributed by atoms with van der Waals surface area (Å²) >= 11 is 3.29. The van der Waals surface area contributed by atoms with E-state index in [9.17, 15) is 0 Å². The molecular formula is C10H14N4S2. The molecule has 0 aromatic carbocycles. The molecule has 0 atom stereocenters. The number of thiazole rings is 1. The van der Waals surface area contributed by atoms with Crippen molar-refractivity contribution < 1.29 is 0 Å². The van der Waals surface area contributed by atoms with Crippen LogP contribution in [0.25, 0.3) is 9.88 Å². The lowest BCUT2D eigenvalue weighted by Crippen LogP contribution is -2.13. The Kier molecular flexibility index (Phi) is 3.98. The zero-order valence-electron chi connectivity index (χ0n) is 9.36. The van der Waals surface area contributed by atoms with Crippen LogP contribution in [0.5, 0.6) is 0 Å². The Labute approximate surface area is 103 Å². The van der Waals surface area contributed by atoms with Crippen molar-refractivity contribution in [2.24, 2.45) is 0 Å². The van der Waals surface area contributed by atoms with Crippen molar-refractivity contribution in [1.82, 2.24) is 20.5 Å². The van der Waals surface area contributed by atoms with E-state index >= 15 is 0 Å². The average molecular weight is 254 g/mol. The number of hydrogen-bond donors (Lipinski definition) is 1. The minimum atomic E-state index is 0.809. The number of aryl methyl sites for hydroxylation is 1. The molecule has 0 aliphatic carbocycles. The molecule has 0 saturated heterocycles. The van der Waals surface area contributed by atoms with Gasteiger partial charge in [-0.15, -0.1) is 21.5 Å². The van der Waals surface area contributed by atoms with Gasteiger partial charge in [0.05, 0.1) is 9.88 Å². The van der Waals surface area contributed by atoms with Gasteiger partial charge in [0.1, 0.15) is 5.01 Å². The molecule has 0 aliphatic rings. The van der Waals surface area contributed by atoms with Gasteiger partial charge in [-0.25, -0.2) is 4.98 Å². The van der Waals surface area contributed by atoms with Crippen LogP contribution in [0.3, 0.4) is 0 Å². The summed E-state index contributed by atoms with van der Waals surface area (Å²) in [6.45, 7) is 5.98. The molecule has 0 fully saturated rings. The van der Waals surface area contributed by atoms with Gasteiger partial charge in [-0.2, -0.15) is 0 Å². The summed E-state index contributed by atoms with van der Waals surface area (Å²) in [5.74, 6) is 0. The molecule has 2 heterocycles. The molecule has 0 saturated carbocycles. The van der Waals surface area contributed by atoms with E-state index in [1.807, 2.05) is 13.1 Å². The second-order valence-corrected chi connectivity index (χ2v) is 5.72. The van der Waals surface area contributed by atoms with Gasteiger partial charge in [-0.3, -0.25) is 0 Å². The Morgan fingerprint density at radius 1 is 1.31 bits per heavy atom. The molecule has 0 amide bonds. The molecule has 1 N–H and O–H groups in total. The Morgan fingerprint density at radius 2 is 2.19 bits per heavy atom. The van der Waals surface area contributed by atoms with Crippen molar-refractivity contribution >= 4 is 22.7 Å². The van der Waals surface area contributed by atoms with Crippen molar-refractivity contribution in [2.75, 3.05) is 6.54 Å². The van der Waals surface area contributed by atoms with Crippen LogP contribution < -0.4 is 5.32 Å². The van der Waals surface area contributed by atoms with Crippen LogP contribution in [0, 0.1) is 6.92 Å². The summed E-state index contributed by atoms with van der Waals surface area (Å²) in [4.78, 5) is 5.33. The molecule has 0 unspecified atom stereocenters. The van der Waals surface area contributed by atoms with Gasteiger partial charge < -0.3 is 5.32 Å². The van der Waals surface area contributed by atoms with Crippen molar-refractivity contribution in [2.45, 2.75) is 26.8 Å². The molecule has 0 spiro atoms. The summed E-state index contributed by atoms with van der Waals surface area (Å²) < 4.78 is 0. The van der Waals surface area contributed by atoms with Gasteiger partial charge >= 0.3 is 0 Å². The second kappa shape index (κ2) is 5.47. The van der Waals surface area contributed by atoms with Gasteiger partial charge in [0.15, 0.2) is 5.01 Å². The topological polar surface area (TPSA) is 50.7 Å². The van der Waals surface area contributed by atoms with E-state index in [4.69, 9.17) is 0 Å². The predicted octanol–water partition coefficient (Wildman–Crippen LogP) is 2.47. The molecule has 16 heavy (non-hydrogen) atoms. The maximum Gasteiger partial charge on any atom is 0.159 e. The van der Waals surface area contributed by atoms with Gasteiger partial charge in [0, 0.05) is 12.7 Å². The quantitative estimate of drug-likeness (QED) is 0.833. The Balaban J connectivity index is 2.02. The largest absolute Gasteiger partial charge is 0.310 e. The minimum Gasteiger partial charge on any atom is -0.310 e. The molecule has 2 aromatic heterocycles. The molecule has 4 nitrogen and oxygen atoms in total. The van der Waals surface area contributed by atoms with Crippen LogP contribution in [0.4, 0.5) is 0 Å². The summed E-state index contributed by atoms with van der Waals surface area (Å²) in [6, 6.07) is 0. The first-order chi connectivity index (χ1) is 7.79. The first-order valence-corrected chi connectivity index (χ1v) is 6.88. The Morgan fingerprint density at radius 3 is 2.88 bits per heavy atom. The molecule has 2 rings (SSSR count). The number of aromatic nitrogens is 3. The summed E-state index contributed by atoms with van der Waals surface area (Å²) in [6.07, 6.45) is 3.00. The molecule has 2 aromatic rings. The Bertz CT molecular complexity index is 449. The van der Waals surface area contributed by atoms with Gasteiger partial charge in [0.25, 0.3) is 0 Å². The highest BCUT2D eigenvalue weighted by Crippen LogP contribution is 2.28. The van der Waals surface area contributed by atoms with Crippen LogP contribution in [0.15, 0.2) is 6.20 Å². The van der Waals surface area contributed by atoms with E-state index in [1.165, 1.54) is 0 Å². The van der Waals surface area contributed by atoms with Crippen molar-refractivity contribution in [1.29, 1.82) is 0 Å². The zero-order valence-corrected chi connectivity index (χ0v) is 11.0. The van der Waals surface area contributed by atoms with Gasteiger partial charge in [-0.1, -0.05) is 18.3 Å². The number of hydrogen-bond acceptors (Lipinski definition) is 6. The molecule has 0 aliphatic heterocycles. The van der Waals surface area contributed by atoms with Crippen LogP contribution in [0.2, 0.25) is 0 Å². The maximum atomic E-state index is 4.22. The summed E-state index contributed by atoms with van der Waals surface area (Å²) in [7, 11) is 0.